The number of nitrogens with one attached hydrogen (secondary N) is 1. The van der Waals surface area contributed by atoms with Crippen LogP contribution >= 0.6 is 0 Å². The molecular formula is C16H20N6O2. The van der Waals surface area contributed by atoms with E-state index >= 15 is 0 Å². The summed E-state index contributed by atoms with van der Waals surface area (Å²) in [4.78, 5) is 30.9. The van der Waals surface area contributed by atoms with Crippen molar-refractivity contribution in [2.75, 3.05) is 38.7 Å². The molecule has 3 heterocycles. The third-order valence-corrected chi connectivity index (χ3v) is 3.89. The van der Waals surface area contributed by atoms with Crippen molar-refractivity contribution in [1.82, 2.24) is 24.8 Å². The van der Waals surface area contributed by atoms with E-state index in [0.717, 1.165) is 11.5 Å². The van der Waals surface area contributed by atoms with E-state index in [0.29, 0.717) is 38.3 Å². The van der Waals surface area contributed by atoms with Gasteiger partial charge in [-0.15, -0.1) is 0 Å². The predicted octanol–water partition coefficient (Wildman–Crippen LogP) is 0.640. The lowest BCUT2D eigenvalue weighted by molar-refractivity contribution is 0.0736. The van der Waals surface area contributed by atoms with Crippen molar-refractivity contribution in [1.29, 1.82) is 0 Å². The van der Waals surface area contributed by atoms with Crippen molar-refractivity contribution in [3.05, 3.63) is 42.4 Å². The van der Waals surface area contributed by atoms with Gasteiger partial charge in [0.25, 0.3) is 5.91 Å². The van der Waals surface area contributed by atoms with Gasteiger partial charge < -0.3 is 15.0 Å². The van der Waals surface area contributed by atoms with E-state index in [1.165, 1.54) is 18.7 Å². The highest BCUT2D eigenvalue weighted by atomic mass is 16.5. The quantitative estimate of drug-likeness (QED) is 0.880. The number of aromatic nitrogens is 4. The lowest BCUT2D eigenvalue weighted by Crippen LogP contribution is -2.36. The highest BCUT2D eigenvalue weighted by Crippen LogP contribution is 2.15. The number of carbonyl (C=O) groups excluding carboxylic acids is 1. The van der Waals surface area contributed by atoms with Crippen LogP contribution in [0.5, 0.6) is 0 Å². The standard InChI is InChI=1S/C16H20N6O2/c1-17-15-8-20-14(7-21-15)4-12-9-22(2-3-24-10-12)16(23)13-5-18-11-19-6-13/h5-8,11-12H,2-4,9-10H2,1H3,(H,17,21)/t12-/m0/s1. The number of ether oxygens (including phenoxy) is 1. The monoisotopic (exact) mass is 328 g/mol. The Morgan fingerprint density at radius 1 is 1.29 bits per heavy atom. The van der Waals surface area contributed by atoms with Gasteiger partial charge in [-0.25, -0.2) is 15.0 Å². The summed E-state index contributed by atoms with van der Waals surface area (Å²) in [7, 11) is 1.81. The molecule has 0 aliphatic carbocycles. The Bertz CT molecular complexity index is 664. The van der Waals surface area contributed by atoms with Gasteiger partial charge in [-0.3, -0.25) is 9.78 Å². The van der Waals surface area contributed by atoms with Crippen LogP contribution in [0.25, 0.3) is 0 Å². The number of nitrogens with zero attached hydrogens (tertiary/aromatic N) is 5. The smallest absolute Gasteiger partial charge is 0.257 e. The largest absolute Gasteiger partial charge is 0.379 e. The number of carbonyl (C=O) groups is 1. The first-order chi connectivity index (χ1) is 11.8. The van der Waals surface area contributed by atoms with Crippen molar-refractivity contribution in [3.63, 3.8) is 0 Å². The maximum absolute atomic E-state index is 12.6. The minimum Gasteiger partial charge on any atom is -0.379 e. The van der Waals surface area contributed by atoms with Gasteiger partial charge in [-0.1, -0.05) is 0 Å². The molecule has 1 amide bonds. The van der Waals surface area contributed by atoms with Gasteiger partial charge in [0.05, 0.1) is 36.9 Å². The van der Waals surface area contributed by atoms with Crippen LogP contribution in [0.1, 0.15) is 16.1 Å². The van der Waals surface area contributed by atoms with Gasteiger partial charge in [-0.2, -0.15) is 0 Å². The number of anilines is 1. The zero-order chi connectivity index (χ0) is 16.8. The highest BCUT2D eigenvalue weighted by Gasteiger charge is 2.24. The average molecular weight is 328 g/mol. The van der Waals surface area contributed by atoms with Gasteiger partial charge in [0.1, 0.15) is 12.1 Å². The Morgan fingerprint density at radius 2 is 2.12 bits per heavy atom. The maximum Gasteiger partial charge on any atom is 0.257 e. The molecule has 0 saturated carbocycles. The summed E-state index contributed by atoms with van der Waals surface area (Å²) in [6, 6.07) is 0. The second-order valence-electron chi connectivity index (χ2n) is 5.67. The molecule has 3 rings (SSSR count). The highest BCUT2D eigenvalue weighted by molar-refractivity contribution is 5.93. The van der Waals surface area contributed by atoms with Crippen LogP contribution in [-0.2, 0) is 11.2 Å². The zero-order valence-corrected chi connectivity index (χ0v) is 13.6. The van der Waals surface area contributed by atoms with Crippen LogP contribution in [0.15, 0.2) is 31.1 Å². The first-order valence-corrected chi connectivity index (χ1v) is 7.87. The van der Waals surface area contributed by atoms with E-state index in [2.05, 4.69) is 25.3 Å². The van der Waals surface area contributed by atoms with Crippen molar-refractivity contribution in [3.8, 4) is 0 Å². The Labute approximate surface area is 140 Å². The van der Waals surface area contributed by atoms with Gasteiger partial charge >= 0.3 is 0 Å². The first-order valence-electron chi connectivity index (χ1n) is 7.87. The van der Waals surface area contributed by atoms with Crippen LogP contribution in [-0.4, -0.2) is 64.1 Å². The fourth-order valence-electron chi connectivity index (χ4n) is 2.67. The Hall–Kier alpha value is -2.61. The summed E-state index contributed by atoms with van der Waals surface area (Å²) in [5, 5.41) is 2.94. The number of hydrogen-bond acceptors (Lipinski definition) is 7. The predicted molar refractivity (Wildman–Crippen MR) is 87.5 cm³/mol. The summed E-state index contributed by atoms with van der Waals surface area (Å²) in [6.45, 7) is 2.31. The van der Waals surface area contributed by atoms with E-state index in [9.17, 15) is 4.79 Å². The van der Waals surface area contributed by atoms with Crippen LogP contribution in [0, 0.1) is 5.92 Å². The molecule has 1 aliphatic heterocycles. The Morgan fingerprint density at radius 3 is 2.83 bits per heavy atom. The molecule has 2 aromatic rings. The normalized spacial score (nSPS) is 18.0. The van der Waals surface area contributed by atoms with E-state index in [-0.39, 0.29) is 11.8 Å². The molecule has 0 unspecified atom stereocenters. The molecule has 1 saturated heterocycles. The summed E-state index contributed by atoms with van der Waals surface area (Å²) in [5.74, 6) is 0.843. The van der Waals surface area contributed by atoms with E-state index in [4.69, 9.17) is 4.74 Å². The lowest BCUT2D eigenvalue weighted by Gasteiger charge is -2.23. The van der Waals surface area contributed by atoms with Crippen LogP contribution in [0.4, 0.5) is 5.82 Å². The van der Waals surface area contributed by atoms with Crippen LogP contribution in [0.2, 0.25) is 0 Å². The third kappa shape index (κ3) is 4.02. The maximum atomic E-state index is 12.6. The Balaban J connectivity index is 1.66. The van der Waals surface area contributed by atoms with Crippen LogP contribution in [0.3, 0.4) is 0 Å². The first kappa shape index (κ1) is 16.3. The van der Waals surface area contributed by atoms with Gasteiger partial charge in [0.2, 0.25) is 0 Å². The molecule has 1 aliphatic rings. The minimum absolute atomic E-state index is 0.0669. The minimum atomic E-state index is -0.0669. The summed E-state index contributed by atoms with van der Waals surface area (Å²) in [5.41, 5.74) is 1.39. The van der Waals surface area contributed by atoms with Gasteiger partial charge in [0, 0.05) is 38.4 Å². The van der Waals surface area contributed by atoms with Crippen molar-refractivity contribution >= 4 is 11.7 Å². The van der Waals surface area contributed by atoms with Gasteiger partial charge in [0.15, 0.2) is 0 Å². The lowest BCUT2D eigenvalue weighted by atomic mass is 10.0. The molecule has 8 nitrogen and oxygen atoms in total. The zero-order valence-electron chi connectivity index (χ0n) is 13.6. The Kier molecular flexibility index (Phi) is 5.27. The second-order valence-corrected chi connectivity index (χ2v) is 5.67. The van der Waals surface area contributed by atoms with Crippen molar-refractivity contribution in [2.24, 2.45) is 5.92 Å². The molecule has 1 atom stereocenters. The summed E-state index contributed by atoms with van der Waals surface area (Å²) < 4.78 is 5.65. The third-order valence-electron chi connectivity index (χ3n) is 3.89. The molecule has 1 fully saturated rings. The van der Waals surface area contributed by atoms with E-state index < -0.39 is 0 Å². The topological polar surface area (TPSA) is 93.1 Å². The molecule has 0 bridgehead atoms. The molecule has 24 heavy (non-hydrogen) atoms. The molecule has 1 N–H and O–H groups in total. The van der Waals surface area contributed by atoms with E-state index in [1.54, 1.807) is 24.3 Å². The number of hydrogen-bond donors (Lipinski definition) is 1. The molecule has 0 spiro atoms. The molecule has 0 radical (unpaired) electrons. The fraction of sp³-hybridized carbons (Fsp3) is 0.438. The summed E-state index contributed by atoms with van der Waals surface area (Å²) in [6.07, 6.45) is 8.67. The fourth-order valence-corrected chi connectivity index (χ4v) is 2.67. The molecule has 8 heteroatoms. The molecule has 0 aromatic carbocycles. The molecule has 126 valence electrons. The molecule has 2 aromatic heterocycles. The number of rotatable bonds is 4. The summed E-state index contributed by atoms with van der Waals surface area (Å²) >= 11 is 0. The SMILES string of the molecule is CNc1cnc(C[C@@H]2COCCN(C(=O)c3cncnc3)C2)cn1. The average Bonchev–Trinajstić information content (AvgIpc) is 2.88. The number of amides is 1. The van der Waals surface area contributed by atoms with Crippen LogP contribution < -0.4 is 5.32 Å². The van der Waals surface area contributed by atoms with Crippen molar-refractivity contribution < 1.29 is 9.53 Å². The second kappa shape index (κ2) is 7.78. The van der Waals surface area contributed by atoms with Crippen molar-refractivity contribution in [2.45, 2.75) is 6.42 Å². The molecular weight excluding hydrogens is 308 g/mol. The van der Waals surface area contributed by atoms with E-state index in [1.807, 2.05) is 0 Å². The van der Waals surface area contributed by atoms with Gasteiger partial charge in [-0.05, 0) is 6.42 Å².